The highest BCUT2D eigenvalue weighted by Gasteiger charge is 2.34. The fourth-order valence-corrected chi connectivity index (χ4v) is 3.75. The van der Waals surface area contributed by atoms with Gasteiger partial charge in [-0.25, -0.2) is 0 Å². The zero-order chi connectivity index (χ0) is 20.4. The molecular formula is C24H27N3O2. The van der Waals surface area contributed by atoms with Crippen LogP contribution in [0.2, 0.25) is 0 Å². The van der Waals surface area contributed by atoms with Gasteiger partial charge in [-0.15, -0.1) is 0 Å². The molecule has 5 nitrogen and oxygen atoms in total. The zero-order valence-electron chi connectivity index (χ0n) is 17.3. The molecule has 29 heavy (non-hydrogen) atoms. The Morgan fingerprint density at radius 3 is 2.62 bits per heavy atom. The fourth-order valence-electron chi connectivity index (χ4n) is 3.75. The molecule has 2 heterocycles. The van der Waals surface area contributed by atoms with Gasteiger partial charge in [0.2, 0.25) is 5.91 Å². The summed E-state index contributed by atoms with van der Waals surface area (Å²) >= 11 is 0. The van der Waals surface area contributed by atoms with Gasteiger partial charge in [-0.2, -0.15) is 4.98 Å². The van der Waals surface area contributed by atoms with Crippen LogP contribution >= 0.6 is 0 Å². The molecule has 0 radical (unpaired) electrons. The van der Waals surface area contributed by atoms with E-state index in [2.05, 4.69) is 55.2 Å². The fraction of sp³-hybridized carbons (Fsp3) is 0.375. The van der Waals surface area contributed by atoms with Crippen molar-refractivity contribution in [3.05, 3.63) is 65.0 Å². The van der Waals surface area contributed by atoms with Gasteiger partial charge in [-0.1, -0.05) is 36.7 Å². The van der Waals surface area contributed by atoms with Crippen LogP contribution in [0.25, 0.3) is 11.5 Å². The molecule has 1 amide bonds. The third kappa shape index (κ3) is 4.09. The van der Waals surface area contributed by atoms with Crippen LogP contribution in [0.4, 0.5) is 5.69 Å². The second-order valence-corrected chi connectivity index (χ2v) is 7.93. The van der Waals surface area contributed by atoms with Crippen molar-refractivity contribution in [3.63, 3.8) is 0 Å². The lowest BCUT2D eigenvalue weighted by Gasteiger charge is -2.16. The van der Waals surface area contributed by atoms with Crippen molar-refractivity contribution in [1.82, 2.24) is 10.1 Å². The van der Waals surface area contributed by atoms with E-state index in [1.165, 1.54) is 29.5 Å². The molecule has 0 spiro atoms. The number of unbranched alkanes of at least 4 members (excludes halogenated alkanes) is 1. The van der Waals surface area contributed by atoms with Crippen LogP contribution in [0.1, 0.15) is 54.6 Å². The maximum atomic E-state index is 12.6. The van der Waals surface area contributed by atoms with Gasteiger partial charge in [-0.3, -0.25) is 4.79 Å². The van der Waals surface area contributed by atoms with E-state index in [0.717, 1.165) is 17.7 Å². The normalized spacial score (nSPS) is 16.6. The molecule has 1 unspecified atom stereocenters. The van der Waals surface area contributed by atoms with Gasteiger partial charge in [0.15, 0.2) is 5.82 Å². The van der Waals surface area contributed by atoms with E-state index >= 15 is 0 Å². The first-order chi connectivity index (χ1) is 14.0. The average Bonchev–Trinajstić information content (AvgIpc) is 3.36. The molecule has 0 N–H and O–H groups in total. The Labute approximate surface area is 171 Å². The lowest BCUT2D eigenvalue weighted by Crippen LogP contribution is -2.24. The third-order valence-corrected chi connectivity index (χ3v) is 5.75. The molecular weight excluding hydrogens is 362 g/mol. The van der Waals surface area contributed by atoms with Gasteiger partial charge in [0, 0.05) is 30.1 Å². The largest absolute Gasteiger partial charge is 0.334 e. The molecule has 1 atom stereocenters. The van der Waals surface area contributed by atoms with E-state index in [0.29, 0.717) is 24.7 Å². The van der Waals surface area contributed by atoms with Crippen LogP contribution in [-0.4, -0.2) is 22.6 Å². The summed E-state index contributed by atoms with van der Waals surface area (Å²) in [7, 11) is 0. The predicted octanol–water partition coefficient (Wildman–Crippen LogP) is 5.22. The number of nitrogens with zero attached hydrogens (tertiary/aromatic N) is 3. The number of rotatable bonds is 6. The van der Waals surface area contributed by atoms with Crippen LogP contribution in [0.5, 0.6) is 0 Å². The first-order valence-electron chi connectivity index (χ1n) is 10.4. The third-order valence-electron chi connectivity index (χ3n) is 5.75. The Kier molecular flexibility index (Phi) is 5.47. The Balaban J connectivity index is 1.48. The van der Waals surface area contributed by atoms with Crippen molar-refractivity contribution in [2.45, 2.75) is 52.4 Å². The second-order valence-electron chi connectivity index (χ2n) is 7.93. The SMILES string of the molecule is CCCCc1ccc(N2CC(c3noc(-c4ccc(C)c(C)c4)n3)CC2=O)cc1. The minimum atomic E-state index is -0.0497. The summed E-state index contributed by atoms with van der Waals surface area (Å²) in [6.45, 7) is 6.92. The molecule has 0 aliphatic carbocycles. The van der Waals surface area contributed by atoms with Crippen molar-refractivity contribution in [2.75, 3.05) is 11.4 Å². The Morgan fingerprint density at radius 2 is 1.90 bits per heavy atom. The van der Waals surface area contributed by atoms with E-state index < -0.39 is 0 Å². The molecule has 2 aromatic carbocycles. The second kappa shape index (κ2) is 8.19. The van der Waals surface area contributed by atoms with Gasteiger partial charge in [0.25, 0.3) is 5.89 Å². The van der Waals surface area contributed by atoms with E-state index in [9.17, 15) is 4.79 Å². The minimum absolute atomic E-state index is 0.0497. The van der Waals surface area contributed by atoms with Crippen molar-refractivity contribution in [2.24, 2.45) is 0 Å². The summed E-state index contributed by atoms with van der Waals surface area (Å²) in [5, 5.41) is 4.17. The number of carbonyl (C=O) groups excluding carboxylic acids is 1. The number of carbonyl (C=O) groups is 1. The highest BCUT2D eigenvalue weighted by Crippen LogP contribution is 2.32. The average molecular weight is 389 g/mol. The minimum Gasteiger partial charge on any atom is -0.334 e. The number of benzene rings is 2. The first kappa shape index (κ1) is 19.4. The summed E-state index contributed by atoms with van der Waals surface area (Å²) in [6, 6.07) is 14.4. The number of hydrogen-bond donors (Lipinski definition) is 0. The van der Waals surface area contributed by atoms with Crippen LogP contribution in [-0.2, 0) is 11.2 Å². The number of anilines is 1. The Morgan fingerprint density at radius 1 is 1.10 bits per heavy atom. The van der Waals surface area contributed by atoms with Crippen molar-refractivity contribution in [3.8, 4) is 11.5 Å². The molecule has 1 fully saturated rings. The van der Waals surface area contributed by atoms with Gasteiger partial charge >= 0.3 is 0 Å². The van der Waals surface area contributed by atoms with Gasteiger partial charge in [-0.05, 0) is 67.6 Å². The highest BCUT2D eigenvalue weighted by atomic mass is 16.5. The monoisotopic (exact) mass is 389 g/mol. The molecule has 3 aromatic rings. The summed E-state index contributed by atoms with van der Waals surface area (Å²) in [6.07, 6.45) is 3.86. The lowest BCUT2D eigenvalue weighted by atomic mass is 10.1. The number of aryl methyl sites for hydroxylation is 3. The maximum Gasteiger partial charge on any atom is 0.257 e. The lowest BCUT2D eigenvalue weighted by molar-refractivity contribution is -0.117. The Bertz CT molecular complexity index is 1010. The van der Waals surface area contributed by atoms with Gasteiger partial charge in [0.05, 0.1) is 0 Å². The van der Waals surface area contributed by atoms with Crippen molar-refractivity contribution < 1.29 is 9.32 Å². The van der Waals surface area contributed by atoms with Crippen molar-refractivity contribution in [1.29, 1.82) is 0 Å². The topological polar surface area (TPSA) is 59.2 Å². The number of amides is 1. The summed E-state index contributed by atoms with van der Waals surface area (Å²) < 4.78 is 5.50. The molecule has 1 aromatic heterocycles. The molecule has 150 valence electrons. The predicted molar refractivity (Wildman–Crippen MR) is 114 cm³/mol. The smallest absolute Gasteiger partial charge is 0.257 e. The highest BCUT2D eigenvalue weighted by molar-refractivity contribution is 5.96. The molecule has 1 saturated heterocycles. The standard InChI is InChI=1S/C24H27N3O2/c1-4-5-6-18-8-11-21(12-9-18)27-15-20(14-22(27)28)23-25-24(29-26-23)19-10-7-16(2)17(3)13-19/h7-13,20H,4-6,14-15H2,1-3H3. The molecule has 0 bridgehead atoms. The molecule has 1 aliphatic heterocycles. The van der Waals surface area contributed by atoms with E-state index in [-0.39, 0.29) is 11.8 Å². The van der Waals surface area contributed by atoms with Crippen molar-refractivity contribution >= 4 is 11.6 Å². The van der Waals surface area contributed by atoms with Crippen LogP contribution in [0.3, 0.4) is 0 Å². The summed E-state index contributed by atoms with van der Waals surface area (Å²) in [5.41, 5.74) is 5.58. The molecule has 1 aliphatic rings. The summed E-state index contributed by atoms with van der Waals surface area (Å²) in [5.74, 6) is 1.17. The number of hydrogen-bond acceptors (Lipinski definition) is 4. The van der Waals surface area contributed by atoms with Gasteiger partial charge < -0.3 is 9.42 Å². The van der Waals surface area contributed by atoms with Crippen LogP contribution < -0.4 is 4.90 Å². The Hall–Kier alpha value is -2.95. The van der Waals surface area contributed by atoms with E-state index in [1.807, 2.05) is 23.1 Å². The quantitative estimate of drug-likeness (QED) is 0.580. The van der Waals surface area contributed by atoms with Crippen LogP contribution in [0, 0.1) is 13.8 Å². The van der Waals surface area contributed by atoms with E-state index in [1.54, 1.807) is 0 Å². The van der Waals surface area contributed by atoms with E-state index in [4.69, 9.17) is 4.52 Å². The number of aromatic nitrogens is 2. The van der Waals surface area contributed by atoms with Crippen LogP contribution in [0.15, 0.2) is 47.0 Å². The first-order valence-corrected chi connectivity index (χ1v) is 10.4. The molecule has 4 rings (SSSR count). The van der Waals surface area contributed by atoms with Gasteiger partial charge in [0.1, 0.15) is 0 Å². The summed E-state index contributed by atoms with van der Waals surface area (Å²) in [4.78, 5) is 19.0. The molecule has 5 heteroatoms. The zero-order valence-corrected chi connectivity index (χ0v) is 17.3. The maximum absolute atomic E-state index is 12.6. The molecule has 0 saturated carbocycles.